The van der Waals surface area contributed by atoms with Crippen molar-refractivity contribution in [2.24, 2.45) is 0 Å². The van der Waals surface area contributed by atoms with Crippen LogP contribution in [0.15, 0.2) is 36.5 Å². The summed E-state index contributed by atoms with van der Waals surface area (Å²) in [5, 5.41) is 14.7. The number of aromatic carboxylic acids is 1. The van der Waals surface area contributed by atoms with Crippen LogP contribution in [0.5, 0.6) is 0 Å². The molecule has 1 N–H and O–H groups in total. The second-order valence-electron chi connectivity index (χ2n) is 4.57. The molecular weight excluding hydrogens is 290 g/mol. The summed E-state index contributed by atoms with van der Waals surface area (Å²) >= 11 is 5.99. The van der Waals surface area contributed by atoms with Crippen LogP contribution in [0.3, 0.4) is 0 Å². The van der Waals surface area contributed by atoms with E-state index in [-0.39, 0.29) is 5.56 Å². The Morgan fingerprint density at radius 1 is 1.38 bits per heavy atom. The molecule has 0 aliphatic rings. The molecule has 2 aromatic heterocycles. The Morgan fingerprint density at radius 3 is 2.86 bits per heavy atom. The van der Waals surface area contributed by atoms with Crippen LogP contribution in [0, 0.1) is 0 Å². The molecule has 0 saturated carbocycles. The summed E-state index contributed by atoms with van der Waals surface area (Å²) in [6, 6.07) is 8.73. The van der Waals surface area contributed by atoms with Crippen molar-refractivity contribution in [2.75, 3.05) is 0 Å². The minimum absolute atomic E-state index is 0.190. The monoisotopic (exact) mass is 301 g/mol. The van der Waals surface area contributed by atoms with Crippen molar-refractivity contribution in [1.29, 1.82) is 0 Å². The van der Waals surface area contributed by atoms with Crippen LogP contribution in [-0.2, 0) is 6.54 Å². The molecule has 0 fully saturated rings. The zero-order chi connectivity index (χ0) is 15.0. The van der Waals surface area contributed by atoms with Crippen LogP contribution in [0.2, 0.25) is 5.02 Å². The highest BCUT2D eigenvalue weighted by atomic mass is 35.5. The third-order valence-electron chi connectivity index (χ3n) is 3.26. The molecule has 0 saturated heterocycles. The molecule has 0 unspecified atom stereocenters. The molecule has 5 nitrogen and oxygen atoms in total. The minimum Gasteiger partial charge on any atom is -0.478 e. The van der Waals surface area contributed by atoms with Crippen molar-refractivity contribution in [1.82, 2.24) is 14.8 Å². The normalized spacial score (nSPS) is 11.0. The van der Waals surface area contributed by atoms with Crippen molar-refractivity contribution in [3.8, 4) is 11.3 Å². The van der Waals surface area contributed by atoms with E-state index in [1.54, 1.807) is 28.9 Å². The Hall–Kier alpha value is -2.40. The number of fused-ring (bicyclic) bond motifs is 1. The lowest BCUT2D eigenvalue weighted by atomic mass is 10.1. The van der Waals surface area contributed by atoms with Crippen molar-refractivity contribution < 1.29 is 9.90 Å². The molecule has 0 radical (unpaired) electrons. The van der Waals surface area contributed by atoms with E-state index in [2.05, 4.69) is 10.1 Å². The highest BCUT2D eigenvalue weighted by Gasteiger charge is 2.16. The molecule has 0 bridgehead atoms. The lowest BCUT2D eigenvalue weighted by Crippen LogP contribution is -2.02. The molecule has 0 aliphatic heterocycles. The van der Waals surface area contributed by atoms with Gasteiger partial charge >= 0.3 is 5.97 Å². The number of carboxylic acids is 1. The predicted octanol–water partition coefficient (Wildman–Crippen LogP) is 3.47. The first-order chi connectivity index (χ1) is 10.1. The third kappa shape index (κ3) is 2.36. The van der Waals surface area contributed by atoms with Gasteiger partial charge in [0.25, 0.3) is 0 Å². The Balaban J connectivity index is 2.31. The number of nitrogens with zero attached hydrogens (tertiary/aromatic N) is 3. The summed E-state index contributed by atoms with van der Waals surface area (Å²) in [4.78, 5) is 16.0. The van der Waals surface area contributed by atoms with Crippen LogP contribution in [-0.4, -0.2) is 25.8 Å². The van der Waals surface area contributed by atoms with Gasteiger partial charge in [0.05, 0.1) is 22.8 Å². The number of carbonyl (C=O) groups is 1. The average Bonchev–Trinajstić information content (AvgIpc) is 2.89. The SMILES string of the molecule is CCn1ncc2c(C(=O)O)cc(-c3cccc(Cl)c3)nc21. The summed E-state index contributed by atoms with van der Waals surface area (Å²) in [7, 11) is 0. The minimum atomic E-state index is -0.999. The molecule has 3 aromatic rings. The van der Waals surface area contributed by atoms with Gasteiger partial charge in [-0.3, -0.25) is 0 Å². The van der Waals surface area contributed by atoms with E-state index in [1.165, 1.54) is 6.20 Å². The van der Waals surface area contributed by atoms with Crippen LogP contribution in [0.4, 0.5) is 0 Å². The van der Waals surface area contributed by atoms with Crippen LogP contribution < -0.4 is 0 Å². The largest absolute Gasteiger partial charge is 0.478 e. The number of halogens is 1. The molecule has 2 heterocycles. The molecule has 0 amide bonds. The zero-order valence-electron chi connectivity index (χ0n) is 11.2. The molecule has 0 aliphatic carbocycles. The number of rotatable bonds is 3. The number of carboxylic acid groups (broad SMARTS) is 1. The fraction of sp³-hybridized carbons (Fsp3) is 0.133. The van der Waals surface area contributed by atoms with Gasteiger partial charge in [0.2, 0.25) is 0 Å². The van der Waals surface area contributed by atoms with E-state index >= 15 is 0 Å². The van der Waals surface area contributed by atoms with Gasteiger partial charge in [-0.2, -0.15) is 5.10 Å². The Labute approximate surface area is 125 Å². The summed E-state index contributed by atoms with van der Waals surface area (Å²) in [6.07, 6.45) is 1.54. The molecule has 1 aromatic carbocycles. The molecule has 21 heavy (non-hydrogen) atoms. The van der Waals surface area contributed by atoms with E-state index in [1.807, 2.05) is 13.0 Å². The van der Waals surface area contributed by atoms with Gasteiger partial charge in [0, 0.05) is 17.1 Å². The summed E-state index contributed by atoms with van der Waals surface area (Å²) in [6.45, 7) is 2.55. The fourth-order valence-electron chi connectivity index (χ4n) is 2.25. The Kier molecular flexibility index (Phi) is 3.35. The fourth-order valence-corrected chi connectivity index (χ4v) is 2.44. The average molecular weight is 302 g/mol. The molecule has 3 rings (SSSR count). The molecule has 0 spiro atoms. The second kappa shape index (κ2) is 5.18. The number of hydrogen-bond donors (Lipinski definition) is 1. The standard InChI is InChI=1S/C15H12ClN3O2/c1-2-19-14-12(8-17-19)11(15(20)21)7-13(18-14)9-4-3-5-10(16)6-9/h3-8H,2H2,1H3,(H,20,21). The van der Waals surface area contributed by atoms with Crippen molar-refractivity contribution in [3.05, 3.63) is 47.1 Å². The molecular formula is C15H12ClN3O2. The van der Waals surface area contributed by atoms with Crippen LogP contribution >= 0.6 is 11.6 Å². The quantitative estimate of drug-likeness (QED) is 0.804. The highest BCUT2D eigenvalue weighted by molar-refractivity contribution is 6.30. The van der Waals surface area contributed by atoms with Crippen molar-refractivity contribution in [3.63, 3.8) is 0 Å². The van der Waals surface area contributed by atoms with E-state index in [0.717, 1.165) is 5.56 Å². The molecule has 0 atom stereocenters. The maximum absolute atomic E-state index is 11.5. The smallest absolute Gasteiger partial charge is 0.336 e. The first-order valence-corrected chi connectivity index (χ1v) is 6.83. The van der Waals surface area contributed by atoms with E-state index in [4.69, 9.17) is 11.6 Å². The first kappa shape index (κ1) is 13.6. The Morgan fingerprint density at radius 2 is 2.19 bits per heavy atom. The molecule has 106 valence electrons. The van der Waals surface area contributed by atoms with Gasteiger partial charge in [0.15, 0.2) is 5.65 Å². The maximum atomic E-state index is 11.5. The number of benzene rings is 1. The van der Waals surface area contributed by atoms with E-state index in [0.29, 0.717) is 28.3 Å². The van der Waals surface area contributed by atoms with Gasteiger partial charge in [-0.1, -0.05) is 23.7 Å². The summed E-state index contributed by atoms with van der Waals surface area (Å²) in [5.74, 6) is -0.999. The van der Waals surface area contributed by atoms with Gasteiger partial charge in [-0.05, 0) is 25.1 Å². The lowest BCUT2D eigenvalue weighted by Gasteiger charge is -2.06. The van der Waals surface area contributed by atoms with Gasteiger partial charge in [-0.15, -0.1) is 0 Å². The number of hydrogen-bond acceptors (Lipinski definition) is 3. The predicted molar refractivity (Wildman–Crippen MR) is 80.6 cm³/mol. The second-order valence-corrected chi connectivity index (χ2v) is 5.00. The topological polar surface area (TPSA) is 68.0 Å². The summed E-state index contributed by atoms with van der Waals surface area (Å²) in [5.41, 5.74) is 2.09. The van der Waals surface area contributed by atoms with Gasteiger partial charge < -0.3 is 5.11 Å². The van der Waals surface area contributed by atoms with E-state index in [9.17, 15) is 9.90 Å². The van der Waals surface area contributed by atoms with Crippen molar-refractivity contribution in [2.45, 2.75) is 13.5 Å². The Bertz CT molecular complexity index is 842. The molecule has 6 heteroatoms. The van der Waals surface area contributed by atoms with Gasteiger partial charge in [0.1, 0.15) is 0 Å². The summed E-state index contributed by atoms with van der Waals surface area (Å²) < 4.78 is 1.68. The number of aryl methyl sites for hydroxylation is 1. The van der Waals surface area contributed by atoms with Crippen LogP contribution in [0.25, 0.3) is 22.3 Å². The van der Waals surface area contributed by atoms with Gasteiger partial charge in [-0.25, -0.2) is 14.5 Å². The highest BCUT2D eigenvalue weighted by Crippen LogP contribution is 2.26. The zero-order valence-corrected chi connectivity index (χ0v) is 12.0. The van der Waals surface area contributed by atoms with Crippen LogP contribution in [0.1, 0.15) is 17.3 Å². The van der Waals surface area contributed by atoms with Crippen molar-refractivity contribution >= 4 is 28.6 Å². The first-order valence-electron chi connectivity index (χ1n) is 6.46. The number of pyridine rings is 1. The third-order valence-corrected chi connectivity index (χ3v) is 3.49. The lowest BCUT2D eigenvalue weighted by molar-refractivity contribution is 0.0699. The van der Waals surface area contributed by atoms with E-state index < -0.39 is 5.97 Å². The number of aromatic nitrogens is 3. The maximum Gasteiger partial charge on any atom is 0.336 e.